The Kier molecular flexibility index (Phi) is 5.01. The van der Waals surface area contributed by atoms with Crippen LogP contribution in [0.15, 0.2) is 0 Å². The largest absolute Gasteiger partial charge is 0.449 e. The minimum absolute atomic E-state index is 0.0224. The van der Waals surface area contributed by atoms with Gasteiger partial charge >= 0.3 is 12.3 Å². The van der Waals surface area contributed by atoms with Gasteiger partial charge in [-0.25, -0.2) is 4.79 Å². The summed E-state index contributed by atoms with van der Waals surface area (Å²) in [5.74, 6) is 0. The van der Waals surface area contributed by atoms with Crippen molar-refractivity contribution in [3.05, 3.63) is 0 Å². The van der Waals surface area contributed by atoms with Crippen molar-refractivity contribution in [3.8, 4) is 0 Å². The van der Waals surface area contributed by atoms with Gasteiger partial charge in [-0.15, -0.1) is 0 Å². The fraction of sp³-hybridized carbons (Fsp3) is 0.929. The van der Waals surface area contributed by atoms with Gasteiger partial charge in [0.25, 0.3) is 0 Å². The Morgan fingerprint density at radius 3 is 2.38 bits per heavy atom. The molecule has 2 saturated heterocycles. The van der Waals surface area contributed by atoms with Gasteiger partial charge in [-0.05, 0) is 24.7 Å². The Labute approximate surface area is 123 Å². The van der Waals surface area contributed by atoms with Crippen molar-refractivity contribution >= 4 is 6.09 Å². The molecule has 7 heteroatoms. The molecule has 1 spiro atoms. The van der Waals surface area contributed by atoms with Crippen LogP contribution in [0.5, 0.6) is 0 Å². The zero-order valence-corrected chi connectivity index (χ0v) is 12.4. The molecule has 0 aliphatic carbocycles. The number of carbonyl (C=O) groups is 1. The van der Waals surface area contributed by atoms with E-state index in [1.807, 2.05) is 6.92 Å². The third-order valence-corrected chi connectivity index (χ3v) is 4.33. The predicted molar refractivity (Wildman–Crippen MR) is 72.0 cm³/mol. The monoisotopic (exact) mass is 308 g/mol. The Morgan fingerprint density at radius 1 is 1.24 bits per heavy atom. The fourth-order valence-corrected chi connectivity index (χ4v) is 3.14. The number of halogens is 3. The maximum absolute atomic E-state index is 12.3. The lowest BCUT2D eigenvalue weighted by Gasteiger charge is -2.54. The molecule has 0 aromatic rings. The van der Waals surface area contributed by atoms with Gasteiger partial charge in [0.1, 0.15) is 0 Å². The van der Waals surface area contributed by atoms with Gasteiger partial charge in [-0.1, -0.05) is 13.3 Å². The first-order valence-corrected chi connectivity index (χ1v) is 7.54. The van der Waals surface area contributed by atoms with Crippen LogP contribution in [0.4, 0.5) is 18.0 Å². The molecule has 21 heavy (non-hydrogen) atoms. The first-order chi connectivity index (χ1) is 9.84. The van der Waals surface area contributed by atoms with E-state index in [9.17, 15) is 18.0 Å². The van der Waals surface area contributed by atoms with Crippen LogP contribution < -0.4 is 0 Å². The lowest BCUT2D eigenvalue weighted by atomic mass is 9.72. The number of piperidine rings is 1. The molecule has 0 unspecified atom stereocenters. The molecule has 2 rings (SSSR count). The van der Waals surface area contributed by atoms with Crippen LogP contribution in [0.1, 0.15) is 32.6 Å². The Morgan fingerprint density at radius 2 is 1.86 bits per heavy atom. The topological polar surface area (TPSA) is 32.8 Å². The molecule has 0 aromatic heterocycles. The zero-order valence-electron chi connectivity index (χ0n) is 12.4. The molecule has 4 nitrogen and oxygen atoms in total. The van der Waals surface area contributed by atoms with Crippen LogP contribution in [0, 0.1) is 5.41 Å². The summed E-state index contributed by atoms with van der Waals surface area (Å²) in [4.78, 5) is 14.9. The molecular formula is C14H23F3N2O2. The van der Waals surface area contributed by atoms with Crippen LogP contribution in [0.3, 0.4) is 0 Å². The smallest absolute Gasteiger partial charge is 0.409 e. The number of alkyl halides is 3. The van der Waals surface area contributed by atoms with E-state index in [-0.39, 0.29) is 11.5 Å². The molecule has 0 saturated carbocycles. The summed E-state index contributed by atoms with van der Waals surface area (Å²) in [6.07, 6.45) is -1.04. The maximum Gasteiger partial charge on any atom is 0.409 e. The van der Waals surface area contributed by atoms with E-state index in [4.69, 9.17) is 4.74 Å². The van der Waals surface area contributed by atoms with Crippen LogP contribution >= 0.6 is 0 Å². The molecular weight excluding hydrogens is 285 g/mol. The Bertz CT molecular complexity index is 358. The molecule has 2 heterocycles. The number of hydrogen-bond acceptors (Lipinski definition) is 3. The first-order valence-electron chi connectivity index (χ1n) is 7.54. The van der Waals surface area contributed by atoms with Crippen molar-refractivity contribution in [1.82, 2.24) is 9.80 Å². The second-order valence-corrected chi connectivity index (χ2v) is 6.22. The molecule has 1 amide bonds. The number of nitrogens with zero attached hydrogens (tertiary/aromatic N) is 2. The number of carbonyl (C=O) groups excluding carboxylic acids is 1. The average Bonchev–Trinajstić information content (AvgIpc) is 2.36. The lowest BCUT2D eigenvalue weighted by molar-refractivity contribution is -0.174. The molecule has 0 bridgehead atoms. The molecule has 0 radical (unpaired) electrons. The van der Waals surface area contributed by atoms with Crippen LogP contribution in [-0.4, -0.2) is 61.4 Å². The van der Waals surface area contributed by atoms with Crippen molar-refractivity contribution < 1.29 is 22.7 Å². The molecule has 2 aliphatic heterocycles. The van der Waals surface area contributed by atoms with E-state index in [1.165, 1.54) is 4.90 Å². The number of hydrogen-bond donors (Lipinski definition) is 0. The third-order valence-electron chi connectivity index (χ3n) is 4.33. The number of unbranched alkanes of at least 4 members (excludes halogenated alkanes) is 1. The van der Waals surface area contributed by atoms with Crippen molar-refractivity contribution in [2.75, 3.05) is 39.3 Å². The van der Waals surface area contributed by atoms with E-state index in [2.05, 4.69) is 0 Å². The summed E-state index contributed by atoms with van der Waals surface area (Å²) in [5.41, 5.74) is -0.0224. The van der Waals surface area contributed by atoms with Crippen LogP contribution in [0.2, 0.25) is 0 Å². The molecule has 2 fully saturated rings. The first kappa shape index (κ1) is 16.4. The van der Waals surface area contributed by atoms with Gasteiger partial charge in [-0.3, -0.25) is 4.90 Å². The van der Waals surface area contributed by atoms with Crippen molar-refractivity contribution in [1.29, 1.82) is 0 Å². The number of likely N-dealkylation sites (tertiary alicyclic amines) is 2. The highest BCUT2D eigenvalue weighted by molar-refractivity contribution is 5.67. The summed E-state index contributed by atoms with van der Waals surface area (Å²) >= 11 is 0. The quantitative estimate of drug-likeness (QED) is 0.749. The van der Waals surface area contributed by atoms with Crippen molar-refractivity contribution in [2.45, 2.75) is 38.8 Å². The van der Waals surface area contributed by atoms with Crippen molar-refractivity contribution in [3.63, 3.8) is 0 Å². The zero-order chi connectivity index (χ0) is 15.5. The summed E-state index contributed by atoms with van der Waals surface area (Å²) in [6, 6.07) is 0. The van der Waals surface area contributed by atoms with Gasteiger partial charge in [0.15, 0.2) is 0 Å². The van der Waals surface area contributed by atoms with Crippen LogP contribution in [0.25, 0.3) is 0 Å². The van der Waals surface area contributed by atoms with E-state index >= 15 is 0 Å². The van der Waals surface area contributed by atoms with E-state index < -0.39 is 12.7 Å². The predicted octanol–water partition coefficient (Wildman–Crippen LogP) is 2.88. The summed E-state index contributed by atoms with van der Waals surface area (Å²) < 4.78 is 42.0. The fourth-order valence-electron chi connectivity index (χ4n) is 3.14. The second-order valence-electron chi connectivity index (χ2n) is 6.22. The van der Waals surface area contributed by atoms with Gasteiger partial charge in [0, 0.05) is 26.2 Å². The number of rotatable bonds is 4. The Hall–Kier alpha value is -0.980. The van der Waals surface area contributed by atoms with Gasteiger partial charge in [0.2, 0.25) is 0 Å². The van der Waals surface area contributed by atoms with E-state index in [0.29, 0.717) is 32.8 Å². The van der Waals surface area contributed by atoms with E-state index in [1.54, 1.807) is 4.90 Å². The summed E-state index contributed by atoms with van der Waals surface area (Å²) in [6.45, 7) is 3.81. The van der Waals surface area contributed by atoms with E-state index in [0.717, 1.165) is 25.7 Å². The molecule has 0 aromatic carbocycles. The number of amides is 1. The average molecular weight is 308 g/mol. The summed E-state index contributed by atoms with van der Waals surface area (Å²) in [5, 5.41) is 0. The van der Waals surface area contributed by atoms with Gasteiger partial charge in [0.05, 0.1) is 13.2 Å². The minimum atomic E-state index is -4.12. The lowest BCUT2D eigenvalue weighted by Crippen LogP contribution is -2.62. The maximum atomic E-state index is 12.3. The number of ether oxygens (including phenoxy) is 1. The highest BCUT2D eigenvalue weighted by Crippen LogP contribution is 2.41. The summed E-state index contributed by atoms with van der Waals surface area (Å²) in [7, 11) is 0. The minimum Gasteiger partial charge on any atom is -0.449 e. The normalized spacial score (nSPS) is 22.2. The highest BCUT2D eigenvalue weighted by atomic mass is 19.4. The van der Waals surface area contributed by atoms with Gasteiger partial charge in [-0.2, -0.15) is 13.2 Å². The standard InChI is InChI=1S/C14H23F3N2O2/c1-2-3-8-21-12(20)19-6-4-13(5-7-19)9-18(10-13)11-14(15,16)17/h2-11H2,1H3. The van der Waals surface area contributed by atoms with Crippen molar-refractivity contribution in [2.24, 2.45) is 5.41 Å². The van der Waals surface area contributed by atoms with Gasteiger partial charge < -0.3 is 9.64 Å². The highest BCUT2D eigenvalue weighted by Gasteiger charge is 2.48. The SMILES string of the molecule is CCCCOC(=O)N1CCC2(CC1)CN(CC(F)(F)F)C2. The third kappa shape index (κ3) is 4.49. The molecule has 122 valence electrons. The van der Waals surface area contributed by atoms with Crippen LogP contribution in [-0.2, 0) is 4.74 Å². The molecule has 0 atom stereocenters. The Balaban J connectivity index is 1.69. The second kappa shape index (κ2) is 6.42. The molecule has 2 aliphatic rings. The molecule has 0 N–H and O–H groups in total.